The van der Waals surface area contributed by atoms with Crippen LogP contribution in [0.3, 0.4) is 0 Å². The molecule has 0 aliphatic carbocycles. The van der Waals surface area contributed by atoms with E-state index in [0.717, 1.165) is 16.5 Å². The van der Waals surface area contributed by atoms with Crippen molar-refractivity contribution in [2.45, 2.75) is 129 Å². The third-order valence-electron chi connectivity index (χ3n) is 11.9. The minimum Gasteiger partial charge on any atom is -0.458 e. The molecule has 3 aliphatic heterocycles. The fourth-order valence-corrected chi connectivity index (χ4v) is 8.73. The molecule has 302 valence electrons. The van der Waals surface area contributed by atoms with Crippen molar-refractivity contribution in [2.75, 3.05) is 20.7 Å². The van der Waals surface area contributed by atoms with Gasteiger partial charge in [-0.3, -0.25) is 19.4 Å². The number of hydrogen-bond acceptors (Lipinski definition) is 12. The van der Waals surface area contributed by atoms with E-state index in [1.165, 1.54) is 6.92 Å². The molecule has 2 N–H and O–H groups in total. The summed E-state index contributed by atoms with van der Waals surface area (Å²) in [7, 11) is 3.74. The van der Waals surface area contributed by atoms with Gasteiger partial charge in [0.1, 0.15) is 23.9 Å². The van der Waals surface area contributed by atoms with Crippen LogP contribution in [0.4, 0.5) is 4.79 Å². The van der Waals surface area contributed by atoms with E-state index in [0.29, 0.717) is 6.42 Å². The van der Waals surface area contributed by atoms with Gasteiger partial charge in [0, 0.05) is 35.4 Å². The summed E-state index contributed by atoms with van der Waals surface area (Å²) in [6.07, 6.45) is 1.12. The van der Waals surface area contributed by atoms with Gasteiger partial charge in [-0.15, -0.1) is 0 Å². The molecule has 3 saturated heterocycles. The number of ketones is 2. The molecule has 0 spiro atoms. The molecule has 2 aromatic rings. The van der Waals surface area contributed by atoms with Gasteiger partial charge in [-0.1, -0.05) is 58.0 Å². The maximum Gasteiger partial charge on any atom is 0.408 e. The highest BCUT2D eigenvalue weighted by Crippen LogP contribution is 2.40. The summed E-state index contributed by atoms with van der Waals surface area (Å²) in [4.78, 5) is 61.8. The number of para-hydroxylation sites is 1. The molecule has 13 atom stereocenters. The molecule has 13 heteroatoms. The molecule has 1 amide bonds. The number of benzene rings is 1. The number of esters is 1. The molecule has 0 bridgehead atoms. The number of aliphatic hydroxyl groups is 1. The predicted molar refractivity (Wildman–Crippen MR) is 206 cm³/mol. The van der Waals surface area contributed by atoms with Gasteiger partial charge in [-0.05, 0) is 78.7 Å². The standard InChI is InChI=1S/C42H59N3O10/c1-11-32-42(8)36(44-40(50)55-42)25(4)33(46)23(2)21-41(7,51-18-14-15-28-20-29-16-12-13-17-30(29)43-22-28)37(26(5)34(47)27(6)38(49)53-32)54-39-35(48)31(45(9)10)19-24(3)52-39/h12-17,20,22-27,31-32,35-37,39,48H,11,18-19,21H2,1-10H3,(H,44,50)/b15-14-/t23-,24-,25+,26+,27-,31+,32-,35-,36-,37-,39+,41-,42-/m1/s1. The van der Waals surface area contributed by atoms with Crippen LogP contribution in [-0.4, -0.2) is 113 Å². The third kappa shape index (κ3) is 8.96. The Kier molecular flexibility index (Phi) is 13.2. The van der Waals surface area contributed by atoms with Gasteiger partial charge in [-0.25, -0.2) is 4.79 Å². The zero-order valence-electron chi connectivity index (χ0n) is 33.8. The van der Waals surface area contributed by atoms with Crippen molar-refractivity contribution in [3.8, 4) is 0 Å². The van der Waals surface area contributed by atoms with Crippen LogP contribution >= 0.6 is 0 Å². The lowest BCUT2D eigenvalue weighted by atomic mass is 9.73. The second-order valence-corrected chi connectivity index (χ2v) is 16.4. The number of cyclic esters (lactones) is 1. The normalized spacial score (nSPS) is 38.1. The van der Waals surface area contributed by atoms with Crippen molar-refractivity contribution in [1.29, 1.82) is 0 Å². The number of amides is 1. The topological polar surface area (TPSA) is 163 Å². The van der Waals surface area contributed by atoms with Crippen LogP contribution in [0, 0.1) is 23.7 Å². The molecule has 0 unspecified atom stereocenters. The quantitative estimate of drug-likeness (QED) is 0.270. The number of Topliss-reactive ketones (excluding diaryl/α,β-unsaturated/α-hetero) is 2. The number of ether oxygens (including phenoxy) is 5. The lowest BCUT2D eigenvalue weighted by molar-refractivity contribution is -0.296. The van der Waals surface area contributed by atoms with Crippen LogP contribution in [0.2, 0.25) is 0 Å². The molecule has 55 heavy (non-hydrogen) atoms. The number of likely N-dealkylation sites (N-methyl/N-ethyl adjacent to an activating group) is 1. The van der Waals surface area contributed by atoms with Crippen molar-refractivity contribution in [2.24, 2.45) is 23.7 Å². The Bertz CT molecular complexity index is 1750. The molecule has 13 nitrogen and oxygen atoms in total. The number of aliphatic hydroxyl groups excluding tert-OH is 1. The van der Waals surface area contributed by atoms with E-state index in [-0.39, 0.29) is 37.4 Å². The fraction of sp³-hybridized carbons (Fsp3) is 0.643. The summed E-state index contributed by atoms with van der Waals surface area (Å²) in [5.41, 5.74) is -1.00. The van der Waals surface area contributed by atoms with E-state index in [1.807, 2.05) is 68.4 Å². The second kappa shape index (κ2) is 17.2. The van der Waals surface area contributed by atoms with E-state index in [9.17, 15) is 24.3 Å². The summed E-state index contributed by atoms with van der Waals surface area (Å²) in [6.45, 7) is 13.8. The van der Waals surface area contributed by atoms with Gasteiger partial charge in [0.2, 0.25) is 0 Å². The van der Waals surface area contributed by atoms with Crippen LogP contribution in [-0.2, 0) is 38.1 Å². The number of pyridine rings is 1. The van der Waals surface area contributed by atoms with Crippen molar-refractivity contribution < 1.29 is 48.0 Å². The largest absolute Gasteiger partial charge is 0.458 e. The zero-order chi connectivity index (χ0) is 40.4. The van der Waals surface area contributed by atoms with Crippen LogP contribution in [0.1, 0.15) is 80.2 Å². The van der Waals surface area contributed by atoms with Crippen molar-refractivity contribution in [1.82, 2.24) is 15.2 Å². The Hall–Kier alpha value is -3.75. The Labute approximate surface area is 324 Å². The Morgan fingerprint density at radius 2 is 1.75 bits per heavy atom. The third-order valence-corrected chi connectivity index (χ3v) is 11.9. The number of rotatable bonds is 8. The Morgan fingerprint density at radius 1 is 1.04 bits per heavy atom. The summed E-state index contributed by atoms with van der Waals surface area (Å²) in [5, 5.41) is 15.4. The molecule has 3 fully saturated rings. The average molecular weight is 766 g/mol. The highest BCUT2D eigenvalue weighted by atomic mass is 16.7. The lowest BCUT2D eigenvalue weighted by Crippen LogP contribution is -2.60. The number of fused-ring (bicyclic) bond motifs is 2. The number of alkyl carbamates (subject to hydrolysis) is 1. The monoisotopic (exact) mass is 765 g/mol. The van der Waals surface area contributed by atoms with E-state index in [4.69, 9.17) is 23.7 Å². The number of carbonyl (C=O) groups excluding carboxylic acids is 4. The maximum absolute atomic E-state index is 14.4. The van der Waals surface area contributed by atoms with Gasteiger partial charge < -0.3 is 39.0 Å². The number of nitrogens with zero attached hydrogens (tertiary/aromatic N) is 2. The minimum absolute atomic E-state index is 0.0612. The molecule has 4 heterocycles. The number of nitrogens with one attached hydrogen (secondary N) is 1. The highest BCUT2D eigenvalue weighted by Gasteiger charge is 2.57. The molecule has 0 saturated carbocycles. The predicted octanol–water partition coefficient (Wildman–Crippen LogP) is 5.11. The van der Waals surface area contributed by atoms with Gasteiger partial charge in [0.15, 0.2) is 17.7 Å². The van der Waals surface area contributed by atoms with Gasteiger partial charge >= 0.3 is 12.1 Å². The smallest absolute Gasteiger partial charge is 0.408 e. The molecule has 1 aromatic heterocycles. The number of aromatic nitrogens is 1. The van der Waals surface area contributed by atoms with Crippen LogP contribution in [0.25, 0.3) is 17.0 Å². The molecule has 0 radical (unpaired) electrons. The van der Waals surface area contributed by atoms with Crippen molar-refractivity contribution in [3.63, 3.8) is 0 Å². The van der Waals surface area contributed by atoms with E-state index in [2.05, 4.69) is 10.3 Å². The first-order chi connectivity index (χ1) is 25.9. The lowest BCUT2D eigenvalue weighted by Gasteiger charge is -2.47. The number of carbonyl (C=O) groups is 4. The van der Waals surface area contributed by atoms with E-state index >= 15 is 0 Å². The molecular weight excluding hydrogens is 706 g/mol. The first kappa shape index (κ1) is 42.4. The highest BCUT2D eigenvalue weighted by molar-refractivity contribution is 6.00. The molecule has 3 aliphatic rings. The minimum atomic E-state index is -1.38. The molecule has 1 aromatic carbocycles. The van der Waals surface area contributed by atoms with Gasteiger partial charge in [0.25, 0.3) is 0 Å². The summed E-state index contributed by atoms with van der Waals surface area (Å²) < 4.78 is 31.4. The first-order valence-electron chi connectivity index (χ1n) is 19.5. The van der Waals surface area contributed by atoms with Gasteiger partial charge in [-0.2, -0.15) is 0 Å². The van der Waals surface area contributed by atoms with E-state index < -0.39 is 83.4 Å². The average Bonchev–Trinajstić information content (AvgIpc) is 3.47. The Balaban J connectivity index is 1.56. The Morgan fingerprint density at radius 3 is 2.44 bits per heavy atom. The van der Waals surface area contributed by atoms with Crippen LogP contribution in [0.15, 0.2) is 42.6 Å². The van der Waals surface area contributed by atoms with Crippen molar-refractivity contribution >= 4 is 40.6 Å². The molecular formula is C42H59N3O10. The summed E-state index contributed by atoms with van der Waals surface area (Å²) in [5.74, 6) is -5.12. The van der Waals surface area contributed by atoms with Crippen LogP contribution < -0.4 is 5.32 Å². The molecule has 5 rings (SSSR count). The summed E-state index contributed by atoms with van der Waals surface area (Å²) >= 11 is 0. The first-order valence-corrected chi connectivity index (χ1v) is 19.5. The number of hydrogen-bond donors (Lipinski definition) is 2. The van der Waals surface area contributed by atoms with Crippen molar-refractivity contribution in [3.05, 3.63) is 48.2 Å². The van der Waals surface area contributed by atoms with Gasteiger partial charge in [0.05, 0.1) is 36.0 Å². The fourth-order valence-electron chi connectivity index (χ4n) is 8.73. The van der Waals surface area contributed by atoms with Crippen LogP contribution in [0.5, 0.6) is 0 Å². The summed E-state index contributed by atoms with van der Waals surface area (Å²) in [6, 6.07) is 8.70. The second-order valence-electron chi connectivity index (χ2n) is 16.4. The SMILES string of the molecule is CC[C@H]1OC(=O)[C@H](C)C(=O)[C@H](C)[C@@H](O[C@@H]2O[C@H](C)C[C@H](N(C)C)[C@H]2O)[C@](C)(OC/C=C\c2cnc3ccccc3c2)C[C@@H](C)C(=O)[C@H](C)[C@H]2NC(=O)O[C@@]21C. The zero-order valence-corrected chi connectivity index (χ0v) is 33.8. The van der Waals surface area contributed by atoms with E-state index in [1.54, 1.807) is 47.7 Å². The maximum atomic E-state index is 14.4.